The van der Waals surface area contributed by atoms with Gasteiger partial charge in [-0.15, -0.1) is 0 Å². The minimum absolute atomic E-state index is 0.183. The summed E-state index contributed by atoms with van der Waals surface area (Å²) in [4.78, 5) is 2.38. The summed E-state index contributed by atoms with van der Waals surface area (Å²) in [7, 11) is 4.34. The van der Waals surface area contributed by atoms with E-state index in [-0.39, 0.29) is 10.8 Å². The molecular formula is C50H49N2+. The average Bonchev–Trinajstić information content (AvgIpc) is 3.39. The Bertz CT molecular complexity index is 2340. The molecule has 0 spiro atoms. The van der Waals surface area contributed by atoms with E-state index in [4.69, 9.17) is 6.58 Å². The van der Waals surface area contributed by atoms with Crippen LogP contribution >= 0.6 is 0 Å². The predicted molar refractivity (Wildman–Crippen MR) is 223 cm³/mol. The summed E-state index contributed by atoms with van der Waals surface area (Å²) in [6.07, 6.45) is 16.9. The molecule has 2 nitrogen and oxygen atoms in total. The highest BCUT2D eigenvalue weighted by atomic mass is 15.2. The van der Waals surface area contributed by atoms with Crippen LogP contribution in [0.4, 0.5) is 11.4 Å². The Balaban J connectivity index is 1.17. The maximum Gasteiger partial charge on any atom is 0.134 e. The SMILES string of the molecule is C=C(/C=C/C=C/C=C/C=C1/N(C)c2ccc3ccccc3c2C1(C)Cc1ccccc1)C(C)(Cc1ccccc1)c1c([NH2+]C)ccc2ccccc12. The second-order valence-corrected chi connectivity index (χ2v) is 14.5. The van der Waals surface area contributed by atoms with Crippen LogP contribution in [0.5, 0.6) is 0 Å². The largest absolute Gasteiger partial charge is 0.347 e. The molecule has 258 valence electrons. The standard InChI is InChI=1S/C50H48N2/c1-37(49(2,35-38-22-12-9-13-23-38)47-42-28-19-17-26-40(42)31-33-44(47)51-4)21-11-7-6-8-16-30-46-50(3,36-39-24-14-10-15-25-39)48-43-29-20-18-27-41(43)32-34-45(48)52(46)5/h6-34,51H,1,35-36H2,2-5H3/p+1/b7-6+,16-8+,21-11+,46-30+. The first-order valence-electron chi connectivity index (χ1n) is 18.4. The van der Waals surface area contributed by atoms with E-state index in [9.17, 15) is 0 Å². The number of nitrogens with two attached hydrogens (primary N) is 1. The molecular weight excluding hydrogens is 629 g/mol. The number of hydrogen-bond donors (Lipinski definition) is 1. The van der Waals surface area contributed by atoms with Crippen LogP contribution in [0.2, 0.25) is 0 Å². The molecule has 2 heteroatoms. The highest BCUT2D eigenvalue weighted by Gasteiger charge is 2.43. The first-order chi connectivity index (χ1) is 25.3. The Kier molecular flexibility index (Phi) is 9.94. The molecule has 0 bridgehead atoms. The second-order valence-electron chi connectivity index (χ2n) is 14.5. The van der Waals surface area contributed by atoms with Crippen molar-refractivity contribution in [2.75, 3.05) is 19.0 Å². The predicted octanol–water partition coefficient (Wildman–Crippen LogP) is 11.1. The first kappa shape index (κ1) is 34.7. The van der Waals surface area contributed by atoms with Crippen molar-refractivity contribution in [3.8, 4) is 0 Å². The van der Waals surface area contributed by atoms with Gasteiger partial charge in [-0.05, 0) is 87.8 Å². The maximum absolute atomic E-state index is 4.70. The van der Waals surface area contributed by atoms with Gasteiger partial charge in [0.2, 0.25) is 0 Å². The van der Waals surface area contributed by atoms with Crippen LogP contribution in [0.3, 0.4) is 0 Å². The van der Waals surface area contributed by atoms with Crippen LogP contribution < -0.4 is 10.2 Å². The smallest absolute Gasteiger partial charge is 0.134 e. The van der Waals surface area contributed by atoms with Crippen molar-refractivity contribution in [2.45, 2.75) is 37.5 Å². The Hall–Kier alpha value is -5.70. The van der Waals surface area contributed by atoms with Crippen molar-refractivity contribution >= 4 is 32.9 Å². The number of likely N-dealkylation sites (N-methyl/N-ethyl adjacent to an activating group) is 1. The Morgan fingerprint density at radius 3 is 1.98 bits per heavy atom. The summed E-state index contributed by atoms with van der Waals surface area (Å²) < 4.78 is 0. The van der Waals surface area contributed by atoms with Gasteiger partial charge in [-0.2, -0.15) is 0 Å². The summed E-state index contributed by atoms with van der Waals surface area (Å²) in [5.74, 6) is 0. The lowest BCUT2D eigenvalue weighted by atomic mass is 9.69. The van der Waals surface area contributed by atoms with Crippen LogP contribution in [0.1, 0.15) is 36.1 Å². The third-order valence-electron chi connectivity index (χ3n) is 11.1. The quantitative estimate of drug-likeness (QED) is 0.107. The van der Waals surface area contributed by atoms with E-state index in [0.29, 0.717) is 0 Å². The third-order valence-corrected chi connectivity index (χ3v) is 11.1. The summed E-state index contributed by atoms with van der Waals surface area (Å²) in [5.41, 5.74) is 9.79. The van der Waals surface area contributed by atoms with E-state index < -0.39 is 0 Å². The van der Waals surface area contributed by atoms with E-state index >= 15 is 0 Å². The maximum atomic E-state index is 4.70. The van der Waals surface area contributed by atoms with Crippen molar-refractivity contribution in [3.63, 3.8) is 0 Å². The van der Waals surface area contributed by atoms with Crippen molar-refractivity contribution < 1.29 is 5.32 Å². The molecule has 0 amide bonds. The van der Waals surface area contributed by atoms with Gasteiger partial charge in [0.05, 0.1) is 7.05 Å². The van der Waals surface area contributed by atoms with Gasteiger partial charge in [-0.1, -0.05) is 165 Å². The van der Waals surface area contributed by atoms with Gasteiger partial charge >= 0.3 is 0 Å². The first-order valence-corrected chi connectivity index (χ1v) is 18.4. The van der Waals surface area contributed by atoms with Crippen molar-refractivity contribution in [1.82, 2.24) is 0 Å². The molecule has 6 aromatic carbocycles. The highest BCUT2D eigenvalue weighted by Crippen LogP contribution is 2.52. The minimum Gasteiger partial charge on any atom is -0.347 e. The molecule has 0 saturated heterocycles. The van der Waals surface area contributed by atoms with Crippen LogP contribution in [-0.2, 0) is 23.7 Å². The Labute approximate surface area is 309 Å². The zero-order valence-electron chi connectivity index (χ0n) is 30.9. The minimum atomic E-state index is -0.315. The van der Waals surface area contributed by atoms with E-state index in [1.165, 1.54) is 60.9 Å². The van der Waals surface area contributed by atoms with Crippen LogP contribution in [0, 0.1) is 0 Å². The summed E-state index contributed by atoms with van der Waals surface area (Å²) >= 11 is 0. The number of quaternary nitrogens is 1. The Morgan fingerprint density at radius 1 is 0.692 bits per heavy atom. The lowest BCUT2D eigenvalue weighted by molar-refractivity contribution is -0.540. The molecule has 2 atom stereocenters. The van der Waals surface area contributed by atoms with E-state index in [1.54, 1.807) is 0 Å². The average molecular weight is 678 g/mol. The lowest BCUT2D eigenvalue weighted by Gasteiger charge is -2.33. The Morgan fingerprint density at radius 2 is 1.27 bits per heavy atom. The van der Waals surface area contributed by atoms with Gasteiger partial charge in [-0.25, -0.2) is 0 Å². The van der Waals surface area contributed by atoms with Gasteiger partial charge < -0.3 is 10.2 Å². The molecule has 7 rings (SSSR count). The fourth-order valence-corrected chi connectivity index (χ4v) is 8.43. The van der Waals surface area contributed by atoms with E-state index in [1.807, 2.05) is 0 Å². The van der Waals surface area contributed by atoms with Gasteiger partial charge in [0, 0.05) is 34.8 Å². The topological polar surface area (TPSA) is 19.9 Å². The fourth-order valence-electron chi connectivity index (χ4n) is 8.43. The molecule has 52 heavy (non-hydrogen) atoms. The summed E-state index contributed by atoms with van der Waals surface area (Å²) in [6.45, 7) is 9.46. The molecule has 6 aromatic rings. The molecule has 0 aromatic heterocycles. The number of anilines is 1. The zero-order chi connectivity index (χ0) is 36.1. The number of benzene rings is 6. The fraction of sp³-hybridized carbons (Fsp3) is 0.160. The monoisotopic (exact) mass is 677 g/mol. The number of nitrogens with zero attached hydrogens (tertiary/aromatic N) is 1. The van der Waals surface area contributed by atoms with Crippen molar-refractivity contribution in [2.24, 2.45) is 0 Å². The molecule has 1 aliphatic heterocycles. The number of fused-ring (bicyclic) bond motifs is 4. The molecule has 1 heterocycles. The highest BCUT2D eigenvalue weighted by molar-refractivity contribution is 5.95. The molecule has 0 saturated carbocycles. The summed E-state index contributed by atoms with van der Waals surface area (Å²) in [6, 6.07) is 48.2. The molecule has 2 N–H and O–H groups in total. The van der Waals surface area contributed by atoms with Crippen LogP contribution in [0.25, 0.3) is 21.5 Å². The molecule has 0 radical (unpaired) electrons. The zero-order valence-corrected chi connectivity index (χ0v) is 30.9. The van der Waals surface area contributed by atoms with Gasteiger partial charge in [0.15, 0.2) is 0 Å². The van der Waals surface area contributed by atoms with Crippen molar-refractivity contribution in [1.29, 1.82) is 0 Å². The van der Waals surface area contributed by atoms with Crippen LogP contribution in [-0.4, -0.2) is 14.1 Å². The normalized spacial score (nSPS) is 17.9. The third kappa shape index (κ3) is 6.59. The van der Waals surface area contributed by atoms with E-state index in [0.717, 1.165) is 18.4 Å². The van der Waals surface area contributed by atoms with Gasteiger partial charge in [0.1, 0.15) is 5.69 Å². The number of hydrogen-bond acceptors (Lipinski definition) is 1. The van der Waals surface area contributed by atoms with E-state index in [2.05, 4.69) is 214 Å². The number of rotatable bonds is 11. The van der Waals surface area contributed by atoms with Crippen molar-refractivity contribution in [3.05, 3.63) is 216 Å². The second kappa shape index (κ2) is 14.9. The molecule has 2 unspecified atom stereocenters. The molecule has 1 aliphatic rings. The van der Waals surface area contributed by atoms with Gasteiger partial charge in [-0.3, -0.25) is 0 Å². The van der Waals surface area contributed by atoms with Crippen LogP contribution in [0.15, 0.2) is 194 Å². The molecule has 0 fully saturated rings. The molecule has 0 aliphatic carbocycles. The number of allylic oxidation sites excluding steroid dienone is 9. The van der Waals surface area contributed by atoms with Gasteiger partial charge in [0.25, 0.3) is 0 Å². The lowest BCUT2D eigenvalue weighted by Crippen LogP contribution is -2.73. The summed E-state index contributed by atoms with van der Waals surface area (Å²) in [5, 5.41) is 7.38.